The largest absolute Gasteiger partial charge is 0.358 e. The van der Waals surface area contributed by atoms with Gasteiger partial charge in [-0.1, -0.05) is 48.5 Å². The van der Waals surface area contributed by atoms with Crippen LogP contribution in [0.1, 0.15) is 24.1 Å². The van der Waals surface area contributed by atoms with Crippen LogP contribution in [-0.2, 0) is 9.59 Å². The molecule has 1 aliphatic heterocycles. The number of amides is 2. The number of rotatable bonds is 5. The fraction of sp³-hybridized carbons (Fsp3) is 0.222. The average molecular weight is 471 g/mol. The number of piperidine rings is 1. The Morgan fingerprint density at radius 3 is 2.62 bits per heavy atom. The minimum absolute atomic E-state index is 0.0126. The first kappa shape index (κ1) is 22.1. The van der Waals surface area contributed by atoms with Crippen LogP contribution in [0.2, 0.25) is 0 Å². The standard InChI is InChI=1S/C27H26N4O2S/c1-18-25(21-9-5-6-10-22(21)28-18)23-17-34-27(29-23)30-26(33)20-13-15-31(16-14-20)24(32)12-11-19-7-3-2-4-8-19/h2-12,17,20,28H,13-16H2,1H3,(H,29,30,33)/b12-11+. The topological polar surface area (TPSA) is 78.1 Å². The van der Waals surface area contributed by atoms with Crippen molar-refractivity contribution in [1.29, 1.82) is 0 Å². The third-order valence-corrected chi connectivity index (χ3v) is 7.04. The Morgan fingerprint density at radius 1 is 1.09 bits per heavy atom. The normalized spacial score (nSPS) is 14.7. The lowest BCUT2D eigenvalue weighted by atomic mass is 9.96. The van der Waals surface area contributed by atoms with E-state index in [1.165, 1.54) is 11.3 Å². The summed E-state index contributed by atoms with van der Waals surface area (Å²) < 4.78 is 0. The van der Waals surface area contributed by atoms with Crippen molar-refractivity contribution in [3.63, 3.8) is 0 Å². The molecule has 1 fully saturated rings. The summed E-state index contributed by atoms with van der Waals surface area (Å²) in [5.41, 5.74) is 5.07. The Morgan fingerprint density at radius 2 is 1.82 bits per heavy atom. The summed E-state index contributed by atoms with van der Waals surface area (Å²) in [7, 11) is 0. The Hall–Kier alpha value is -3.71. The summed E-state index contributed by atoms with van der Waals surface area (Å²) in [5, 5.41) is 6.71. The first-order valence-electron chi connectivity index (χ1n) is 11.4. The van der Waals surface area contributed by atoms with E-state index in [-0.39, 0.29) is 17.7 Å². The van der Waals surface area contributed by atoms with Crippen molar-refractivity contribution in [1.82, 2.24) is 14.9 Å². The Kier molecular flexibility index (Phi) is 6.27. The number of benzene rings is 2. The zero-order chi connectivity index (χ0) is 23.5. The number of aryl methyl sites for hydroxylation is 1. The van der Waals surface area contributed by atoms with E-state index in [0.29, 0.717) is 31.1 Å². The average Bonchev–Trinajstić information content (AvgIpc) is 3.46. The third-order valence-electron chi connectivity index (χ3n) is 6.28. The Bertz CT molecular complexity index is 1350. The predicted molar refractivity (Wildman–Crippen MR) is 138 cm³/mol. The summed E-state index contributed by atoms with van der Waals surface area (Å²) in [6.45, 7) is 3.19. The highest BCUT2D eigenvalue weighted by molar-refractivity contribution is 7.14. The number of hydrogen-bond acceptors (Lipinski definition) is 4. The minimum Gasteiger partial charge on any atom is -0.358 e. The lowest BCUT2D eigenvalue weighted by molar-refractivity contribution is -0.130. The summed E-state index contributed by atoms with van der Waals surface area (Å²) in [4.78, 5) is 35.3. The number of nitrogens with one attached hydrogen (secondary N) is 2. The molecule has 172 valence electrons. The van der Waals surface area contributed by atoms with E-state index in [1.807, 2.05) is 65.7 Å². The van der Waals surface area contributed by atoms with E-state index in [4.69, 9.17) is 0 Å². The van der Waals surface area contributed by atoms with Crippen LogP contribution in [0.4, 0.5) is 5.13 Å². The molecule has 6 nitrogen and oxygen atoms in total. The van der Waals surface area contributed by atoms with E-state index in [1.54, 1.807) is 6.08 Å². The van der Waals surface area contributed by atoms with E-state index in [2.05, 4.69) is 27.4 Å². The number of aromatic amines is 1. The van der Waals surface area contributed by atoms with Crippen LogP contribution < -0.4 is 5.32 Å². The molecular formula is C27H26N4O2S. The lowest BCUT2D eigenvalue weighted by Gasteiger charge is -2.30. The van der Waals surface area contributed by atoms with Crippen LogP contribution in [0.3, 0.4) is 0 Å². The van der Waals surface area contributed by atoms with Gasteiger partial charge in [-0.25, -0.2) is 4.98 Å². The first-order chi connectivity index (χ1) is 16.6. The van der Waals surface area contributed by atoms with E-state index >= 15 is 0 Å². The molecule has 0 spiro atoms. The molecule has 0 unspecified atom stereocenters. The number of nitrogens with zero attached hydrogens (tertiary/aromatic N) is 2. The first-order valence-corrected chi connectivity index (χ1v) is 12.3. The van der Waals surface area contributed by atoms with E-state index in [9.17, 15) is 9.59 Å². The quantitative estimate of drug-likeness (QED) is 0.379. The lowest BCUT2D eigenvalue weighted by Crippen LogP contribution is -2.40. The second-order valence-corrected chi connectivity index (χ2v) is 9.40. The molecule has 2 amide bonds. The van der Waals surface area contributed by atoms with Crippen LogP contribution in [-0.4, -0.2) is 39.8 Å². The third kappa shape index (κ3) is 4.65. The molecule has 2 N–H and O–H groups in total. The SMILES string of the molecule is Cc1[nH]c2ccccc2c1-c1csc(NC(=O)C2CCN(C(=O)/C=C/c3ccccc3)CC2)n1. The van der Waals surface area contributed by atoms with Crippen molar-refractivity contribution >= 4 is 45.3 Å². The molecular weight excluding hydrogens is 444 g/mol. The highest BCUT2D eigenvalue weighted by Gasteiger charge is 2.27. The maximum atomic E-state index is 12.9. The van der Waals surface area contributed by atoms with Gasteiger partial charge in [0.2, 0.25) is 11.8 Å². The van der Waals surface area contributed by atoms with Gasteiger partial charge < -0.3 is 15.2 Å². The van der Waals surface area contributed by atoms with Crippen LogP contribution >= 0.6 is 11.3 Å². The number of H-pyrrole nitrogens is 1. The van der Waals surface area contributed by atoms with E-state index in [0.717, 1.165) is 33.4 Å². The van der Waals surface area contributed by atoms with Gasteiger partial charge in [-0.2, -0.15) is 0 Å². The van der Waals surface area contributed by atoms with Crippen molar-refractivity contribution in [2.75, 3.05) is 18.4 Å². The minimum atomic E-state index is -0.121. The molecule has 34 heavy (non-hydrogen) atoms. The second kappa shape index (κ2) is 9.65. The molecule has 7 heteroatoms. The Labute approximate surface area is 202 Å². The van der Waals surface area contributed by atoms with Gasteiger partial charge in [0.25, 0.3) is 0 Å². The fourth-order valence-electron chi connectivity index (χ4n) is 4.46. The number of carbonyl (C=O) groups excluding carboxylic acids is 2. The summed E-state index contributed by atoms with van der Waals surface area (Å²) >= 11 is 1.44. The van der Waals surface area contributed by atoms with Gasteiger partial charge >= 0.3 is 0 Å². The van der Waals surface area contributed by atoms with Gasteiger partial charge in [-0.15, -0.1) is 11.3 Å². The van der Waals surface area contributed by atoms with Gasteiger partial charge in [0.05, 0.1) is 5.69 Å². The van der Waals surface area contributed by atoms with Crippen molar-refractivity contribution in [3.8, 4) is 11.3 Å². The molecule has 0 aliphatic carbocycles. The van der Waals surface area contributed by atoms with Crippen LogP contribution in [0, 0.1) is 12.8 Å². The van der Waals surface area contributed by atoms with Gasteiger partial charge in [-0.3, -0.25) is 9.59 Å². The van der Waals surface area contributed by atoms with Gasteiger partial charge in [0.1, 0.15) is 0 Å². The molecule has 0 atom stereocenters. The summed E-state index contributed by atoms with van der Waals surface area (Å²) in [6, 6.07) is 17.9. The molecule has 2 aromatic carbocycles. The zero-order valence-corrected chi connectivity index (χ0v) is 19.8. The smallest absolute Gasteiger partial charge is 0.246 e. The number of thiazole rings is 1. The maximum Gasteiger partial charge on any atom is 0.246 e. The molecule has 5 rings (SSSR count). The molecule has 0 saturated carbocycles. The second-order valence-electron chi connectivity index (χ2n) is 8.54. The molecule has 0 radical (unpaired) electrons. The van der Waals surface area contributed by atoms with Gasteiger partial charge in [-0.05, 0) is 37.5 Å². The van der Waals surface area contributed by atoms with E-state index < -0.39 is 0 Å². The summed E-state index contributed by atoms with van der Waals surface area (Å²) in [5.74, 6) is -0.158. The molecule has 0 bridgehead atoms. The predicted octanol–water partition coefficient (Wildman–Crippen LogP) is 5.49. The van der Waals surface area contributed by atoms with Crippen molar-refractivity contribution in [3.05, 3.63) is 77.3 Å². The molecule has 1 saturated heterocycles. The number of carbonyl (C=O) groups is 2. The number of fused-ring (bicyclic) bond motifs is 1. The van der Waals surface area contributed by atoms with Crippen molar-refractivity contribution in [2.24, 2.45) is 5.92 Å². The molecule has 3 heterocycles. The van der Waals surface area contributed by atoms with Crippen LogP contribution in [0.25, 0.3) is 28.2 Å². The van der Waals surface area contributed by atoms with Gasteiger partial charge in [0, 0.05) is 52.6 Å². The number of aromatic nitrogens is 2. The maximum absolute atomic E-state index is 12.9. The fourth-order valence-corrected chi connectivity index (χ4v) is 5.16. The monoisotopic (exact) mass is 470 g/mol. The number of likely N-dealkylation sites (tertiary alicyclic amines) is 1. The highest BCUT2D eigenvalue weighted by Crippen LogP contribution is 2.34. The highest BCUT2D eigenvalue weighted by atomic mass is 32.1. The molecule has 2 aromatic heterocycles. The van der Waals surface area contributed by atoms with Crippen molar-refractivity contribution in [2.45, 2.75) is 19.8 Å². The van der Waals surface area contributed by atoms with Crippen LogP contribution in [0.5, 0.6) is 0 Å². The Balaban J connectivity index is 1.18. The zero-order valence-electron chi connectivity index (χ0n) is 19.0. The number of hydrogen-bond donors (Lipinski definition) is 2. The molecule has 4 aromatic rings. The number of para-hydroxylation sites is 1. The van der Waals surface area contributed by atoms with Gasteiger partial charge in [0.15, 0.2) is 5.13 Å². The molecule has 1 aliphatic rings. The van der Waals surface area contributed by atoms with Crippen LogP contribution in [0.15, 0.2) is 66.1 Å². The summed E-state index contributed by atoms with van der Waals surface area (Å²) in [6.07, 6.45) is 4.74. The van der Waals surface area contributed by atoms with Crippen molar-refractivity contribution < 1.29 is 9.59 Å². The number of anilines is 1.